The first-order valence-corrected chi connectivity index (χ1v) is 15.9. The Balaban J connectivity index is 1.20. The summed E-state index contributed by atoms with van der Waals surface area (Å²) in [7, 11) is 0. The number of benzene rings is 6. The molecule has 0 fully saturated rings. The van der Waals surface area contributed by atoms with Crippen molar-refractivity contribution >= 4 is 45.1 Å². The Morgan fingerprint density at radius 3 is 2.29 bits per heavy atom. The number of anilines is 3. The molecule has 1 heterocycles. The van der Waals surface area contributed by atoms with E-state index >= 15 is 0 Å². The molecule has 2 aliphatic carbocycles. The molecule has 7 aromatic rings. The van der Waals surface area contributed by atoms with Crippen LogP contribution in [0.1, 0.15) is 47.6 Å². The van der Waals surface area contributed by atoms with Crippen LogP contribution in [0, 0.1) is 0 Å². The molecule has 0 amide bonds. The molecule has 216 valence electrons. The van der Waals surface area contributed by atoms with E-state index in [1.807, 2.05) is 0 Å². The van der Waals surface area contributed by atoms with Crippen molar-refractivity contribution in [2.24, 2.45) is 0 Å². The van der Waals surface area contributed by atoms with E-state index in [0.717, 1.165) is 45.4 Å². The summed E-state index contributed by atoms with van der Waals surface area (Å²) in [6.07, 6.45) is 5.65. The third-order valence-electron chi connectivity index (χ3n) is 10.0. The number of hydrogen-bond acceptors (Lipinski definition) is 2. The lowest BCUT2D eigenvalue weighted by Crippen LogP contribution is -2.14. The van der Waals surface area contributed by atoms with Crippen LogP contribution in [-0.2, 0) is 11.8 Å². The van der Waals surface area contributed by atoms with Crippen molar-refractivity contribution < 1.29 is 4.42 Å². The number of fused-ring (bicyclic) bond motifs is 8. The van der Waals surface area contributed by atoms with Gasteiger partial charge in [-0.2, -0.15) is 0 Å². The summed E-state index contributed by atoms with van der Waals surface area (Å²) >= 11 is 0. The lowest BCUT2D eigenvalue weighted by atomic mass is 9.82. The molecule has 9 rings (SSSR count). The van der Waals surface area contributed by atoms with Crippen molar-refractivity contribution in [2.45, 2.75) is 31.6 Å². The highest BCUT2D eigenvalue weighted by Gasteiger charge is 2.37. The summed E-state index contributed by atoms with van der Waals surface area (Å²) in [6, 6.07) is 48.4. The predicted molar refractivity (Wildman–Crippen MR) is 188 cm³/mol. The summed E-state index contributed by atoms with van der Waals surface area (Å²) in [5.41, 5.74) is 14.4. The highest BCUT2D eigenvalue weighted by molar-refractivity contribution is 6.17. The molecule has 0 aliphatic heterocycles. The maximum atomic E-state index is 6.80. The Morgan fingerprint density at radius 1 is 0.667 bits per heavy atom. The van der Waals surface area contributed by atoms with Gasteiger partial charge >= 0.3 is 0 Å². The van der Waals surface area contributed by atoms with Crippen LogP contribution in [-0.4, -0.2) is 0 Å². The topological polar surface area (TPSA) is 16.4 Å². The zero-order valence-electron chi connectivity index (χ0n) is 25.5. The molecule has 45 heavy (non-hydrogen) atoms. The first kappa shape index (κ1) is 26.1. The van der Waals surface area contributed by atoms with E-state index < -0.39 is 0 Å². The van der Waals surface area contributed by atoms with Crippen molar-refractivity contribution in [1.29, 1.82) is 0 Å². The van der Waals surface area contributed by atoms with Crippen LogP contribution in [0.2, 0.25) is 0 Å². The van der Waals surface area contributed by atoms with Gasteiger partial charge in [0.2, 0.25) is 0 Å². The lowest BCUT2D eigenvalue weighted by molar-refractivity contribution is 0.653. The van der Waals surface area contributed by atoms with Gasteiger partial charge in [-0.05, 0) is 76.2 Å². The Hall–Kier alpha value is -5.34. The Morgan fingerprint density at radius 2 is 1.42 bits per heavy atom. The van der Waals surface area contributed by atoms with Gasteiger partial charge in [0.25, 0.3) is 0 Å². The highest BCUT2D eigenvalue weighted by atomic mass is 16.3. The maximum Gasteiger partial charge on any atom is 0.143 e. The number of nitrogens with zero attached hydrogens (tertiary/aromatic N) is 1. The second-order valence-electron chi connectivity index (χ2n) is 12.9. The van der Waals surface area contributed by atoms with Crippen LogP contribution in [0.25, 0.3) is 39.1 Å². The first-order valence-electron chi connectivity index (χ1n) is 15.9. The van der Waals surface area contributed by atoms with Gasteiger partial charge in [-0.25, -0.2) is 0 Å². The van der Waals surface area contributed by atoms with Crippen LogP contribution >= 0.6 is 0 Å². The molecule has 1 aromatic heterocycles. The summed E-state index contributed by atoms with van der Waals surface area (Å²) in [6.45, 7) is 4.64. The fourth-order valence-corrected chi connectivity index (χ4v) is 7.75. The van der Waals surface area contributed by atoms with Crippen LogP contribution in [0.5, 0.6) is 0 Å². The van der Waals surface area contributed by atoms with E-state index in [-0.39, 0.29) is 5.41 Å². The molecule has 0 N–H and O–H groups in total. The molecule has 0 bridgehead atoms. The zero-order chi connectivity index (χ0) is 30.1. The predicted octanol–water partition coefficient (Wildman–Crippen LogP) is 11.7. The van der Waals surface area contributed by atoms with Gasteiger partial charge in [0.15, 0.2) is 0 Å². The Labute approximate surface area is 263 Å². The summed E-state index contributed by atoms with van der Waals surface area (Å²) in [5.74, 6) is 0.370. The average molecular weight is 580 g/mol. The normalized spacial score (nSPS) is 16.0. The summed E-state index contributed by atoms with van der Waals surface area (Å²) in [5, 5.41) is 2.28. The summed E-state index contributed by atoms with van der Waals surface area (Å²) < 4.78 is 6.80. The monoisotopic (exact) mass is 579 g/mol. The minimum atomic E-state index is -0.0741. The van der Waals surface area contributed by atoms with Gasteiger partial charge in [-0.3, -0.25) is 0 Å². The third kappa shape index (κ3) is 3.95. The molecule has 6 aromatic carbocycles. The molecular weight excluding hydrogens is 546 g/mol. The molecule has 0 saturated carbocycles. The second-order valence-corrected chi connectivity index (χ2v) is 12.9. The SMILES string of the molecule is CC1(C)c2ccccc2-c2c1ccc1c2oc2cccc(N(c3ccccc3)c3ccc(C4C=Cc5ccccc5C4)cc3)c21. The fourth-order valence-electron chi connectivity index (χ4n) is 7.75. The zero-order valence-corrected chi connectivity index (χ0v) is 25.5. The van der Waals surface area contributed by atoms with Crippen molar-refractivity contribution in [1.82, 2.24) is 0 Å². The van der Waals surface area contributed by atoms with Gasteiger partial charge in [-0.15, -0.1) is 0 Å². The van der Waals surface area contributed by atoms with Crippen LogP contribution in [0.4, 0.5) is 17.1 Å². The van der Waals surface area contributed by atoms with Gasteiger partial charge in [0.05, 0.1) is 11.1 Å². The molecule has 1 unspecified atom stereocenters. The molecule has 0 radical (unpaired) electrons. The quantitative estimate of drug-likeness (QED) is 0.206. The minimum Gasteiger partial charge on any atom is -0.455 e. The number of rotatable bonds is 4. The van der Waals surface area contributed by atoms with Crippen molar-refractivity contribution in [3.05, 3.63) is 167 Å². The van der Waals surface area contributed by atoms with Crippen LogP contribution in [0.3, 0.4) is 0 Å². The van der Waals surface area contributed by atoms with Gasteiger partial charge < -0.3 is 9.32 Å². The van der Waals surface area contributed by atoms with Crippen molar-refractivity contribution in [2.75, 3.05) is 4.90 Å². The largest absolute Gasteiger partial charge is 0.455 e. The Bertz CT molecular complexity index is 2270. The van der Waals surface area contributed by atoms with E-state index in [4.69, 9.17) is 4.42 Å². The van der Waals surface area contributed by atoms with E-state index in [0.29, 0.717) is 5.92 Å². The van der Waals surface area contributed by atoms with E-state index in [9.17, 15) is 0 Å². The molecule has 0 spiro atoms. The van der Waals surface area contributed by atoms with E-state index in [1.54, 1.807) is 0 Å². The standard InChI is InChI=1S/C43H33NO/c1-43(2)36-16-9-8-15-34(36)40-37(43)26-25-35-41-38(17-10-18-39(41)45-42(35)40)44(32-13-4-3-5-14-32)33-23-21-29(22-24-33)31-20-19-28-11-6-7-12-30(28)27-31/h3-26,31H,27H2,1-2H3. The smallest absolute Gasteiger partial charge is 0.143 e. The average Bonchev–Trinajstić information content (AvgIpc) is 3.58. The fraction of sp³-hybridized carbons (Fsp3) is 0.116. The molecule has 1 atom stereocenters. The molecule has 2 nitrogen and oxygen atoms in total. The number of para-hydroxylation sites is 1. The maximum absolute atomic E-state index is 6.80. The lowest BCUT2D eigenvalue weighted by Gasteiger charge is -2.27. The van der Waals surface area contributed by atoms with Crippen LogP contribution in [0.15, 0.2) is 144 Å². The van der Waals surface area contributed by atoms with Crippen molar-refractivity contribution in [3.8, 4) is 11.1 Å². The number of hydrogen-bond donors (Lipinski definition) is 0. The van der Waals surface area contributed by atoms with Gasteiger partial charge in [-0.1, -0.05) is 123 Å². The van der Waals surface area contributed by atoms with Crippen LogP contribution < -0.4 is 4.90 Å². The van der Waals surface area contributed by atoms with E-state index in [2.05, 4.69) is 164 Å². The minimum absolute atomic E-state index is 0.0741. The van der Waals surface area contributed by atoms with E-state index in [1.165, 1.54) is 38.9 Å². The van der Waals surface area contributed by atoms with Crippen molar-refractivity contribution in [3.63, 3.8) is 0 Å². The molecule has 0 saturated heterocycles. The third-order valence-corrected chi connectivity index (χ3v) is 10.0. The van der Waals surface area contributed by atoms with Gasteiger partial charge in [0, 0.05) is 33.7 Å². The highest BCUT2D eigenvalue weighted by Crippen LogP contribution is 2.53. The Kier molecular flexibility index (Phi) is 5.70. The first-order chi connectivity index (χ1) is 22.1. The molecular formula is C43H33NO. The number of furan rings is 1. The molecule has 2 heteroatoms. The molecule has 2 aliphatic rings. The summed E-state index contributed by atoms with van der Waals surface area (Å²) in [4.78, 5) is 2.37. The van der Waals surface area contributed by atoms with Gasteiger partial charge in [0.1, 0.15) is 11.2 Å². The number of allylic oxidation sites excluding steroid dienone is 1. The second kappa shape index (κ2) is 9.84.